The summed E-state index contributed by atoms with van der Waals surface area (Å²) in [5, 5.41) is 10.2. The number of aliphatic hydroxyl groups excluding tert-OH is 1. The van der Waals surface area contributed by atoms with E-state index in [0.29, 0.717) is 6.54 Å². The largest absolute Gasteiger partial charge is 0.491 e. The molecule has 0 amide bonds. The standard InChI is InChI=1S/C23H29NO3/c1-17-8-9-22(18(2)14-17)23(26)19-10-12-24(13-11-19)15-20(25)16-27-21-6-4-3-5-7-21/h3-9,14,19-20,25H,10-13,15-16H2,1-2H3. The Balaban J connectivity index is 1.45. The predicted octanol–water partition coefficient (Wildman–Crippen LogP) is 3.64. The van der Waals surface area contributed by atoms with Crippen LogP contribution < -0.4 is 4.74 Å². The molecular weight excluding hydrogens is 338 g/mol. The second-order valence-electron chi connectivity index (χ2n) is 7.54. The van der Waals surface area contributed by atoms with Crippen molar-refractivity contribution >= 4 is 5.78 Å². The van der Waals surface area contributed by atoms with Crippen LogP contribution in [0, 0.1) is 19.8 Å². The van der Waals surface area contributed by atoms with Gasteiger partial charge in [-0.1, -0.05) is 42.0 Å². The average molecular weight is 367 g/mol. The molecule has 27 heavy (non-hydrogen) atoms. The van der Waals surface area contributed by atoms with Gasteiger partial charge < -0.3 is 14.7 Å². The van der Waals surface area contributed by atoms with E-state index in [2.05, 4.69) is 11.0 Å². The minimum absolute atomic E-state index is 0.0837. The number of aryl methyl sites for hydroxylation is 2. The summed E-state index contributed by atoms with van der Waals surface area (Å²) in [4.78, 5) is 15.1. The van der Waals surface area contributed by atoms with E-state index >= 15 is 0 Å². The maximum absolute atomic E-state index is 12.8. The summed E-state index contributed by atoms with van der Waals surface area (Å²) < 4.78 is 5.62. The molecule has 0 aliphatic carbocycles. The number of Topliss-reactive ketones (excluding diaryl/α,β-unsaturated/α-hetero) is 1. The van der Waals surface area contributed by atoms with E-state index in [1.54, 1.807) is 0 Å². The fourth-order valence-corrected chi connectivity index (χ4v) is 3.75. The summed E-state index contributed by atoms with van der Waals surface area (Å²) in [6.07, 6.45) is 1.16. The predicted molar refractivity (Wildman–Crippen MR) is 107 cm³/mol. The van der Waals surface area contributed by atoms with Crippen LogP contribution in [0.2, 0.25) is 0 Å². The number of hydrogen-bond acceptors (Lipinski definition) is 4. The van der Waals surface area contributed by atoms with E-state index in [-0.39, 0.29) is 18.3 Å². The van der Waals surface area contributed by atoms with Crippen LogP contribution in [0.15, 0.2) is 48.5 Å². The number of ketones is 1. The maximum atomic E-state index is 12.8. The number of aliphatic hydroxyl groups is 1. The summed E-state index contributed by atoms with van der Waals surface area (Å²) in [6.45, 7) is 6.60. The van der Waals surface area contributed by atoms with Crippen LogP contribution in [-0.2, 0) is 0 Å². The Bertz CT molecular complexity index is 751. The van der Waals surface area contributed by atoms with Crippen LogP contribution in [0.3, 0.4) is 0 Å². The van der Waals surface area contributed by atoms with Crippen molar-refractivity contribution < 1.29 is 14.6 Å². The van der Waals surface area contributed by atoms with Crippen molar-refractivity contribution in [3.8, 4) is 5.75 Å². The number of piperidine rings is 1. The Morgan fingerprint density at radius 2 is 1.85 bits per heavy atom. The van der Waals surface area contributed by atoms with Crippen molar-refractivity contribution in [3.63, 3.8) is 0 Å². The highest BCUT2D eigenvalue weighted by molar-refractivity contribution is 5.99. The van der Waals surface area contributed by atoms with Crippen LogP contribution >= 0.6 is 0 Å². The molecule has 1 fully saturated rings. The summed E-state index contributed by atoms with van der Waals surface area (Å²) in [5.41, 5.74) is 3.11. The second kappa shape index (κ2) is 9.16. The number of carbonyl (C=O) groups is 1. The number of para-hydroxylation sites is 1. The molecule has 144 valence electrons. The Kier molecular flexibility index (Phi) is 6.64. The Labute approximate surface area is 161 Å². The first kappa shape index (κ1) is 19.6. The molecule has 2 aromatic carbocycles. The molecule has 2 aromatic rings. The molecule has 1 aliphatic heterocycles. The van der Waals surface area contributed by atoms with E-state index in [9.17, 15) is 9.90 Å². The molecule has 4 nitrogen and oxygen atoms in total. The molecule has 1 unspecified atom stereocenters. The van der Waals surface area contributed by atoms with E-state index in [4.69, 9.17) is 4.74 Å². The molecular formula is C23H29NO3. The third-order valence-electron chi connectivity index (χ3n) is 5.26. The Morgan fingerprint density at radius 1 is 1.15 bits per heavy atom. The molecule has 0 bridgehead atoms. The van der Waals surface area contributed by atoms with Gasteiger partial charge in [0.2, 0.25) is 0 Å². The van der Waals surface area contributed by atoms with Gasteiger partial charge in [-0.25, -0.2) is 0 Å². The first-order valence-corrected chi connectivity index (χ1v) is 9.72. The normalized spacial score (nSPS) is 16.9. The number of rotatable bonds is 7. The minimum atomic E-state index is -0.531. The van der Waals surface area contributed by atoms with Crippen molar-refractivity contribution in [2.45, 2.75) is 32.8 Å². The molecule has 0 saturated carbocycles. The molecule has 0 spiro atoms. The van der Waals surface area contributed by atoms with E-state index in [0.717, 1.165) is 42.8 Å². The smallest absolute Gasteiger partial charge is 0.166 e. The highest BCUT2D eigenvalue weighted by atomic mass is 16.5. The lowest BCUT2D eigenvalue weighted by Gasteiger charge is -2.32. The maximum Gasteiger partial charge on any atom is 0.166 e. The highest BCUT2D eigenvalue weighted by Gasteiger charge is 2.27. The van der Waals surface area contributed by atoms with Gasteiger partial charge in [-0.15, -0.1) is 0 Å². The van der Waals surface area contributed by atoms with Crippen LogP contribution in [0.5, 0.6) is 5.75 Å². The number of hydrogen-bond donors (Lipinski definition) is 1. The zero-order chi connectivity index (χ0) is 19.2. The molecule has 0 aromatic heterocycles. The minimum Gasteiger partial charge on any atom is -0.491 e. The van der Waals surface area contributed by atoms with E-state index < -0.39 is 6.10 Å². The van der Waals surface area contributed by atoms with Gasteiger partial charge in [0.05, 0.1) is 0 Å². The Hall–Kier alpha value is -2.17. The van der Waals surface area contributed by atoms with Crippen molar-refractivity contribution in [3.05, 3.63) is 65.2 Å². The molecule has 1 saturated heterocycles. The quantitative estimate of drug-likeness (QED) is 0.759. The van der Waals surface area contributed by atoms with Gasteiger partial charge in [0, 0.05) is 18.0 Å². The van der Waals surface area contributed by atoms with E-state index in [1.807, 2.05) is 56.3 Å². The first-order chi connectivity index (χ1) is 13.0. The topological polar surface area (TPSA) is 49.8 Å². The zero-order valence-electron chi connectivity index (χ0n) is 16.2. The SMILES string of the molecule is Cc1ccc(C(=O)C2CCN(CC(O)COc3ccccc3)CC2)c(C)c1. The summed E-state index contributed by atoms with van der Waals surface area (Å²) in [6, 6.07) is 15.6. The van der Waals surface area contributed by atoms with Crippen LogP contribution in [0.25, 0.3) is 0 Å². The number of ether oxygens (including phenoxy) is 1. The number of carbonyl (C=O) groups excluding carboxylic acids is 1. The van der Waals surface area contributed by atoms with Crippen LogP contribution in [0.4, 0.5) is 0 Å². The monoisotopic (exact) mass is 367 g/mol. The van der Waals surface area contributed by atoms with Crippen molar-refractivity contribution in [1.29, 1.82) is 0 Å². The molecule has 1 heterocycles. The lowest BCUT2D eigenvalue weighted by Crippen LogP contribution is -2.42. The molecule has 1 N–H and O–H groups in total. The average Bonchev–Trinajstić information content (AvgIpc) is 2.67. The van der Waals surface area contributed by atoms with Crippen LogP contribution in [-0.4, -0.2) is 48.1 Å². The number of benzene rings is 2. The lowest BCUT2D eigenvalue weighted by atomic mass is 9.87. The summed E-state index contributed by atoms with van der Waals surface area (Å²) >= 11 is 0. The van der Waals surface area contributed by atoms with E-state index in [1.165, 1.54) is 5.56 Å². The highest BCUT2D eigenvalue weighted by Crippen LogP contribution is 2.24. The van der Waals surface area contributed by atoms with Crippen LogP contribution in [0.1, 0.15) is 34.3 Å². The van der Waals surface area contributed by atoms with Gasteiger partial charge in [-0.05, 0) is 57.5 Å². The lowest BCUT2D eigenvalue weighted by molar-refractivity contribution is 0.0524. The van der Waals surface area contributed by atoms with Crippen molar-refractivity contribution in [1.82, 2.24) is 4.90 Å². The fourth-order valence-electron chi connectivity index (χ4n) is 3.75. The number of β-amino-alcohol motifs (C(OH)–C–C–N with tert-alkyl or cyclic N) is 1. The summed E-state index contributed by atoms with van der Waals surface area (Å²) in [5.74, 6) is 1.12. The summed E-state index contributed by atoms with van der Waals surface area (Å²) in [7, 11) is 0. The van der Waals surface area contributed by atoms with Gasteiger partial charge in [0.1, 0.15) is 18.5 Å². The number of likely N-dealkylation sites (tertiary alicyclic amines) is 1. The molecule has 3 rings (SSSR count). The van der Waals surface area contributed by atoms with Gasteiger partial charge in [0.15, 0.2) is 5.78 Å². The van der Waals surface area contributed by atoms with Gasteiger partial charge in [-0.2, -0.15) is 0 Å². The zero-order valence-corrected chi connectivity index (χ0v) is 16.2. The van der Waals surface area contributed by atoms with Gasteiger partial charge in [-0.3, -0.25) is 4.79 Å². The van der Waals surface area contributed by atoms with Crippen molar-refractivity contribution in [2.75, 3.05) is 26.2 Å². The third kappa shape index (κ3) is 5.41. The van der Waals surface area contributed by atoms with Gasteiger partial charge in [0.25, 0.3) is 0 Å². The molecule has 1 atom stereocenters. The molecule has 4 heteroatoms. The fraction of sp³-hybridized carbons (Fsp3) is 0.435. The first-order valence-electron chi connectivity index (χ1n) is 9.72. The molecule has 0 radical (unpaired) electrons. The van der Waals surface area contributed by atoms with Crippen molar-refractivity contribution in [2.24, 2.45) is 5.92 Å². The molecule has 1 aliphatic rings. The second-order valence-corrected chi connectivity index (χ2v) is 7.54. The number of nitrogens with zero attached hydrogens (tertiary/aromatic N) is 1. The van der Waals surface area contributed by atoms with Gasteiger partial charge >= 0.3 is 0 Å². The Morgan fingerprint density at radius 3 is 2.52 bits per heavy atom. The third-order valence-corrected chi connectivity index (χ3v) is 5.26.